The Morgan fingerprint density at radius 2 is 2.42 bits per heavy atom. The van der Waals surface area contributed by atoms with Crippen molar-refractivity contribution < 1.29 is 14.1 Å². The van der Waals surface area contributed by atoms with Crippen LogP contribution in [0.2, 0.25) is 0 Å². The van der Waals surface area contributed by atoms with Gasteiger partial charge in [-0.25, -0.2) is 9.37 Å². The average molecular weight is 169 g/mol. The highest BCUT2D eigenvalue weighted by Gasteiger charge is 2.31. The summed E-state index contributed by atoms with van der Waals surface area (Å²) in [5.74, 6) is 0.549. The minimum absolute atomic E-state index is 0.264. The molecule has 0 radical (unpaired) electrons. The molecular weight excluding hydrogens is 156 g/mol. The van der Waals surface area contributed by atoms with Crippen LogP contribution >= 0.6 is 0 Å². The highest BCUT2D eigenvalue weighted by Crippen LogP contribution is 2.07. The summed E-state index contributed by atoms with van der Waals surface area (Å²) >= 11 is 0. The summed E-state index contributed by atoms with van der Waals surface area (Å²) in [5.41, 5.74) is 0.613. The van der Waals surface area contributed by atoms with Crippen molar-refractivity contribution in [1.29, 1.82) is 0 Å². The molecule has 0 aliphatic carbocycles. The molecule has 1 aliphatic heterocycles. The van der Waals surface area contributed by atoms with Gasteiger partial charge in [-0.1, -0.05) is 0 Å². The van der Waals surface area contributed by atoms with E-state index in [4.69, 9.17) is 4.74 Å². The number of nitrogens with one attached hydrogen (secondary N) is 1. The Bertz CT molecular complexity index is 266. The predicted octanol–water partition coefficient (Wildman–Crippen LogP) is -0.293. The largest absolute Gasteiger partial charge is 0.462 e. The Labute approximate surface area is 71.5 Å². The van der Waals surface area contributed by atoms with Crippen molar-refractivity contribution in [2.45, 2.75) is 6.92 Å². The monoisotopic (exact) mass is 169 g/mol. The first-order valence-corrected chi connectivity index (χ1v) is 3.87. The number of carbonyl (C=O) groups is 1. The van der Waals surface area contributed by atoms with Gasteiger partial charge in [-0.15, -0.1) is 0 Å². The lowest BCUT2D eigenvalue weighted by molar-refractivity contribution is -0.436. The van der Waals surface area contributed by atoms with Crippen LogP contribution in [0.4, 0.5) is 0 Å². The van der Waals surface area contributed by atoms with E-state index >= 15 is 0 Å². The molecule has 12 heavy (non-hydrogen) atoms. The number of hydrogen-bond acceptors (Lipinski definition) is 3. The zero-order chi connectivity index (χ0) is 9.14. The summed E-state index contributed by atoms with van der Waals surface area (Å²) in [7, 11) is 3.65. The molecule has 0 aromatic rings. The van der Waals surface area contributed by atoms with E-state index in [1.165, 1.54) is 0 Å². The van der Waals surface area contributed by atoms with Crippen LogP contribution in [-0.2, 0) is 9.53 Å². The summed E-state index contributed by atoms with van der Waals surface area (Å²) in [5, 5.41) is 2.91. The predicted molar refractivity (Wildman–Crippen MR) is 45.0 cm³/mol. The van der Waals surface area contributed by atoms with E-state index in [1.807, 2.05) is 11.6 Å². The van der Waals surface area contributed by atoms with E-state index in [0.717, 1.165) is 5.84 Å². The van der Waals surface area contributed by atoms with Gasteiger partial charge in [-0.2, -0.15) is 0 Å². The van der Waals surface area contributed by atoms with Gasteiger partial charge in [0.15, 0.2) is 5.57 Å². The molecule has 0 atom stereocenters. The van der Waals surface area contributed by atoms with Crippen LogP contribution in [0, 0.1) is 0 Å². The van der Waals surface area contributed by atoms with Crippen molar-refractivity contribution >= 4 is 11.8 Å². The molecule has 0 fully saturated rings. The van der Waals surface area contributed by atoms with Crippen LogP contribution in [0.5, 0.6) is 0 Å². The van der Waals surface area contributed by atoms with Crippen LogP contribution in [0.1, 0.15) is 6.92 Å². The molecule has 0 saturated heterocycles. The fourth-order valence-electron chi connectivity index (χ4n) is 1.11. The van der Waals surface area contributed by atoms with Crippen molar-refractivity contribution in [3.05, 3.63) is 11.8 Å². The molecule has 0 amide bonds. The molecule has 4 heteroatoms. The van der Waals surface area contributed by atoms with E-state index in [-0.39, 0.29) is 5.97 Å². The van der Waals surface area contributed by atoms with Crippen LogP contribution in [0.15, 0.2) is 11.8 Å². The Morgan fingerprint density at radius 1 is 1.75 bits per heavy atom. The molecule has 1 rings (SSSR count). The van der Waals surface area contributed by atoms with Crippen LogP contribution in [-0.4, -0.2) is 37.1 Å². The number of rotatable bonds is 2. The molecule has 1 N–H and O–H groups in total. The normalized spacial score (nSPS) is 15.1. The summed E-state index contributed by atoms with van der Waals surface area (Å²) in [6.07, 6.45) is 1.74. The minimum Gasteiger partial charge on any atom is -0.462 e. The van der Waals surface area contributed by atoms with E-state index in [9.17, 15) is 4.79 Å². The molecular formula is C8H13N2O2+. The van der Waals surface area contributed by atoms with E-state index in [1.54, 1.807) is 20.2 Å². The second-order valence-corrected chi connectivity index (χ2v) is 2.47. The number of likely N-dealkylation sites (N-methyl/N-ethyl adjacent to an activating group) is 1. The van der Waals surface area contributed by atoms with Gasteiger partial charge in [0.1, 0.15) is 6.20 Å². The Balaban J connectivity index is 2.58. The SMILES string of the molecule is CCOC(=O)C1=C[N+](C)=C1NC. The fourth-order valence-corrected chi connectivity index (χ4v) is 1.11. The number of carbonyl (C=O) groups excluding carboxylic acids is 1. The second-order valence-electron chi connectivity index (χ2n) is 2.47. The number of amidine groups is 1. The lowest BCUT2D eigenvalue weighted by Gasteiger charge is -2.13. The van der Waals surface area contributed by atoms with Gasteiger partial charge < -0.3 is 4.74 Å². The van der Waals surface area contributed by atoms with Crippen molar-refractivity contribution in [2.24, 2.45) is 0 Å². The van der Waals surface area contributed by atoms with E-state index < -0.39 is 0 Å². The molecule has 0 aromatic heterocycles. The molecule has 0 bridgehead atoms. The highest BCUT2D eigenvalue weighted by atomic mass is 16.5. The van der Waals surface area contributed by atoms with Crippen molar-refractivity contribution in [1.82, 2.24) is 5.32 Å². The minimum atomic E-state index is -0.264. The van der Waals surface area contributed by atoms with Gasteiger partial charge in [-0.3, -0.25) is 5.32 Å². The maximum atomic E-state index is 11.2. The standard InChI is InChI=1S/C8H12N2O2/c1-4-12-8(11)6-5-10(3)7(6)9-2/h5H,4H2,1-3H3/p+1. The van der Waals surface area contributed by atoms with E-state index in [0.29, 0.717) is 12.2 Å². The van der Waals surface area contributed by atoms with Crippen LogP contribution < -0.4 is 5.32 Å². The molecule has 4 nitrogen and oxygen atoms in total. The number of esters is 1. The lowest BCUT2D eigenvalue weighted by Crippen LogP contribution is -2.39. The van der Waals surface area contributed by atoms with Crippen molar-refractivity contribution in [3.8, 4) is 0 Å². The third kappa shape index (κ3) is 1.32. The molecule has 0 saturated carbocycles. The first-order chi connectivity index (χ1) is 5.70. The molecule has 66 valence electrons. The molecule has 0 unspecified atom stereocenters. The Hall–Kier alpha value is -1.32. The molecule has 0 aromatic carbocycles. The first kappa shape index (κ1) is 8.77. The maximum Gasteiger partial charge on any atom is 0.350 e. The summed E-state index contributed by atoms with van der Waals surface area (Å²) in [4.78, 5) is 11.2. The second kappa shape index (κ2) is 3.38. The molecule has 1 aliphatic rings. The van der Waals surface area contributed by atoms with Crippen molar-refractivity contribution in [3.63, 3.8) is 0 Å². The first-order valence-electron chi connectivity index (χ1n) is 3.87. The van der Waals surface area contributed by atoms with Gasteiger partial charge in [0.25, 0.3) is 5.84 Å². The summed E-state index contributed by atoms with van der Waals surface area (Å²) in [6, 6.07) is 0. The summed E-state index contributed by atoms with van der Waals surface area (Å²) in [6.45, 7) is 2.21. The lowest BCUT2D eigenvalue weighted by atomic mass is 10.2. The topological polar surface area (TPSA) is 41.3 Å². The summed E-state index contributed by atoms with van der Waals surface area (Å²) < 4.78 is 6.67. The smallest absolute Gasteiger partial charge is 0.350 e. The van der Waals surface area contributed by atoms with Crippen LogP contribution in [0.25, 0.3) is 0 Å². The third-order valence-electron chi connectivity index (χ3n) is 1.66. The highest BCUT2D eigenvalue weighted by molar-refractivity contribution is 6.18. The Morgan fingerprint density at radius 3 is 2.83 bits per heavy atom. The molecule has 1 heterocycles. The van der Waals surface area contributed by atoms with E-state index in [2.05, 4.69) is 5.32 Å². The maximum absolute atomic E-state index is 11.2. The third-order valence-corrected chi connectivity index (χ3v) is 1.66. The average Bonchev–Trinajstić information content (AvgIpc) is 2.01. The van der Waals surface area contributed by atoms with Gasteiger partial charge in [0.2, 0.25) is 0 Å². The quantitative estimate of drug-likeness (QED) is 0.456. The number of ether oxygens (including phenoxy) is 1. The van der Waals surface area contributed by atoms with Crippen LogP contribution in [0.3, 0.4) is 0 Å². The zero-order valence-corrected chi connectivity index (χ0v) is 7.55. The zero-order valence-electron chi connectivity index (χ0n) is 7.55. The Kier molecular flexibility index (Phi) is 2.47. The number of hydrogen-bond donors (Lipinski definition) is 1. The van der Waals surface area contributed by atoms with Gasteiger partial charge in [0.05, 0.1) is 20.7 Å². The van der Waals surface area contributed by atoms with Gasteiger partial charge in [0, 0.05) is 0 Å². The van der Waals surface area contributed by atoms with Crippen molar-refractivity contribution in [2.75, 3.05) is 20.7 Å². The van der Waals surface area contributed by atoms with Gasteiger partial charge >= 0.3 is 5.97 Å². The molecule has 0 spiro atoms. The van der Waals surface area contributed by atoms with Gasteiger partial charge in [-0.05, 0) is 6.92 Å². The fraction of sp³-hybridized carbons (Fsp3) is 0.500. The number of nitrogens with zero attached hydrogens (tertiary/aromatic N) is 1.